The number of Topliss-reactive ketones (excluding diaryl/α,β-unsaturated/α-hetero) is 1. The lowest BCUT2D eigenvalue weighted by Gasteiger charge is -2.63. The van der Waals surface area contributed by atoms with E-state index >= 15 is 0 Å². The number of aliphatic hydroxyl groups is 1. The lowest BCUT2D eigenvalue weighted by Crippen LogP contribution is -2.60. The molecular weight excluding hydrogens is 420 g/mol. The minimum atomic E-state index is -0.814. The number of ether oxygens (including phenoxy) is 1. The minimum absolute atomic E-state index is 0.0385. The molecule has 1 saturated heterocycles. The Morgan fingerprint density at radius 1 is 0.971 bits per heavy atom. The number of carbonyl (C=O) groups excluding carboxylic acids is 1. The van der Waals surface area contributed by atoms with Crippen molar-refractivity contribution in [3.8, 4) is 0 Å². The van der Waals surface area contributed by atoms with Crippen molar-refractivity contribution in [2.75, 3.05) is 6.61 Å². The Kier molecular flexibility index (Phi) is 5.64. The van der Waals surface area contributed by atoms with Crippen LogP contribution in [0.25, 0.3) is 0 Å². The number of rotatable bonds is 2. The molecule has 5 rings (SSSR count). The molecule has 34 heavy (non-hydrogen) atoms. The van der Waals surface area contributed by atoms with Gasteiger partial charge in [-0.15, -0.1) is 0 Å². The normalized spacial score (nSPS) is 52.6. The summed E-state index contributed by atoms with van der Waals surface area (Å²) < 4.78 is 6.57. The molecule has 0 bridgehead atoms. The van der Waals surface area contributed by atoms with Gasteiger partial charge in [-0.05, 0) is 97.7 Å². The fraction of sp³-hybridized carbons (Fsp3) is 0.903. The maximum absolute atomic E-state index is 13.0. The van der Waals surface area contributed by atoms with E-state index in [0.29, 0.717) is 35.5 Å². The van der Waals surface area contributed by atoms with Crippen molar-refractivity contribution in [1.82, 2.24) is 0 Å². The summed E-state index contributed by atoms with van der Waals surface area (Å²) in [4.78, 5) is 13.0. The highest BCUT2D eigenvalue weighted by atomic mass is 16.5. The van der Waals surface area contributed by atoms with E-state index in [1.807, 2.05) is 0 Å². The van der Waals surface area contributed by atoms with Crippen molar-refractivity contribution in [1.29, 1.82) is 0 Å². The first-order valence-corrected chi connectivity index (χ1v) is 14.3. The van der Waals surface area contributed by atoms with E-state index in [2.05, 4.69) is 61.5 Å². The summed E-state index contributed by atoms with van der Waals surface area (Å²) in [5, 5.41) is 10.8. The zero-order valence-corrected chi connectivity index (χ0v) is 23.2. The first-order valence-electron chi connectivity index (χ1n) is 14.3. The van der Waals surface area contributed by atoms with Gasteiger partial charge in [0.2, 0.25) is 0 Å². The molecule has 9 atom stereocenters. The molecule has 1 heterocycles. The zero-order chi connectivity index (χ0) is 24.9. The fourth-order valence-electron chi connectivity index (χ4n) is 10.1. The molecule has 0 unspecified atom stereocenters. The molecule has 0 spiro atoms. The Morgan fingerprint density at radius 3 is 2.29 bits per heavy atom. The van der Waals surface area contributed by atoms with Gasteiger partial charge in [0, 0.05) is 11.8 Å². The SMILES string of the molecule is CC(C)[C@]1(C)CC[C@@H]([C@H]2CC[C@@]3(C)[C@@H]4CC[C@@H]5C(C)(C)[C@@H](O)C(=O)C[C@]5(C)C4=CC[C@]23C)CO1. The van der Waals surface area contributed by atoms with Crippen LogP contribution in [-0.4, -0.2) is 29.2 Å². The van der Waals surface area contributed by atoms with Crippen LogP contribution in [0.15, 0.2) is 11.6 Å². The number of hydrogen-bond acceptors (Lipinski definition) is 3. The van der Waals surface area contributed by atoms with E-state index in [4.69, 9.17) is 4.74 Å². The average molecular weight is 471 g/mol. The molecule has 4 fully saturated rings. The van der Waals surface area contributed by atoms with E-state index in [1.54, 1.807) is 5.57 Å². The van der Waals surface area contributed by atoms with Gasteiger partial charge in [0.1, 0.15) is 6.10 Å². The molecule has 1 aliphatic heterocycles. The highest BCUT2D eigenvalue weighted by Gasteiger charge is 2.66. The molecule has 0 aromatic rings. The Hall–Kier alpha value is -0.670. The number of hydrogen-bond donors (Lipinski definition) is 1. The Balaban J connectivity index is 1.45. The molecule has 0 aromatic carbocycles. The van der Waals surface area contributed by atoms with Crippen LogP contribution < -0.4 is 0 Å². The van der Waals surface area contributed by atoms with Gasteiger partial charge in [-0.2, -0.15) is 0 Å². The summed E-state index contributed by atoms with van der Waals surface area (Å²) >= 11 is 0. The Labute approximate surface area is 208 Å². The van der Waals surface area contributed by atoms with Crippen molar-refractivity contribution in [2.45, 2.75) is 118 Å². The molecule has 0 radical (unpaired) electrons. The second-order valence-corrected chi connectivity index (χ2v) is 14.9. The maximum atomic E-state index is 13.0. The fourth-order valence-corrected chi connectivity index (χ4v) is 10.1. The van der Waals surface area contributed by atoms with Crippen LogP contribution in [0.3, 0.4) is 0 Å². The number of fused-ring (bicyclic) bond motifs is 5. The van der Waals surface area contributed by atoms with Gasteiger partial charge in [-0.3, -0.25) is 4.79 Å². The lowest BCUT2D eigenvalue weighted by atomic mass is 9.41. The molecule has 3 nitrogen and oxygen atoms in total. The topological polar surface area (TPSA) is 46.5 Å². The van der Waals surface area contributed by atoms with Crippen molar-refractivity contribution in [3.05, 3.63) is 11.6 Å². The summed E-state index contributed by atoms with van der Waals surface area (Å²) in [5.74, 6) is 2.97. The van der Waals surface area contributed by atoms with Gasteiger partial charge < -0.3 is 9.84 Å². The molecule has 0 amide bonds. The van der Waals surface area contributed by atoms with Crippen LogP contribution in [0.5, 0.6) is 0 Å². The molecule has 192 valence electrons. The van der Waals surface area contributed by atoms with Crippen LogP contribution >= 0.6 is 0 Å². The van der Waals surface area contributed by atoms with Gasteiger partial charge in [0.25, 0.3) is 0 Å². The molecule has 3 heteroatoms. The smallest absolute Gasteiger partial charge is 0.162 e. The summed E-state index contributed by atoms with van der Waals surface area (Å²) in [5.41, 5.74) is 1.76. The Bertz CT molecular complexity index is 877. The molecule has 5 aliphatic rings. The van der Waals surface area contributed by atoms with Gasteiger partial charge in [0.05, 0.1) is 12.2 Å². The predicted molar refractivity (Wildman–Crippen MR) is 137 cm³/mol. The summed E-state index contributed by atoms with van der Waals surface area (Å²) in [6.07, 6.45) is 10.9. The first kappa shape index (κ1) is 25.0. The highest BCUT2D eigenvalue weighted by molar-refractivity contribution is 5.86. The van der Waals surface area contributed by atoms with E-state index in [9.17, 15) is 9.90 Å². The number of allylic oxidation sites excluding steroid dienone is 2. The molecule has 0 aromatic heterocycles. The summed E-state index contributed by atoms with van der Waals surface area (Å²) in [7, 11) is 0. The number of aliphatic hydroxyl groups excluding tert-OH is 1. The van der Waals surface area contributed by atoms with E-state index in [1.165, 1.54) is 32.1 Å². The van der Waals surface area contributed by atoms with Crippen molar-refractivity contribution in [3.63, 3.8) is 0 Å². The lowest BCUT2D eigenvalue weighted by molar-refractivity contribution is -0.160. The largest absolute Gasteiger partial charge is 0.385 e. The van der Waals surface area contributed by atoms with Crippen LogP contribution in [0.1, 0.15) is 107 Å². The monoisotopic (exact) mass is 470 g/mol. The number of ketones is 1. The third-order valence-corrected chi connectivity index (χ3v) is 13.0. The van der Waals surface area contributed by atoms with Crippen molar-refractivity contribution in [2.24, 2.45) is 51.2 Å². The zero-order valence-electron chi connectivity index (χ0n) is 23.2. The van der Waals surface area contributed by atoms with Crippen LogP contribution in [-0.2, 0) is 9.53 Å². The van der Waals surface area contributed by atoms with Crippen molar-refractivity contribution >= 4 is 5.78 Å². The molecule has 4 aliphatic carbocycles. The average Bonchev–Trinajstić information content (AvgIpc) is 3.04. The van der Waals surface area contributed by atoms with Gasteiger partial charge in [-0.25, -0.2) is 0 Å². The quantitative estimate of drug-likeness (QED) is 0.443. The second kappa shape index (κ2) is 7.67. The van der Waals surface area contributed by atoms with Crippen molar-refractivity contribution < 1.29 is 14.6 Å². The second-order valence-electron chi connectivity index (χ2n) is 14.9. The maximum Gasteiger partial charge on any atom is 0.162 e. The van der Waals surface area contributed by atoms with E-state index in [0.717, 1.165) is 25.4 Å². The molecular formula is C31H50O3. The van der Waals surface area contributed by atoms with Crippen LogP contribution in [0, 0.1) is 51.2 Å². The van der Waals surface area contributed by atoms with E-state index in [-0.39, 0.29) is 27.6 Å². The third-order valence-electron chi connectivity index (χ3n) is 13.0. The minimum Gasteiger partial charge on any atom is -0.385 e. The summed E-state index contributed by atoms with van der Waals surface area (Å²) in [6.45, 7) is 19.7. The number of carbonyl (C=O) groups is 1. The molecule has 1 N–H and O–H groups in total. The molecule has 3 saturated carbocycles. The first-order chi connectivity index (χ1) is 15.7. The van der Waals surface area contributed by atoms with E-state index < -0.39 is 6.10 Å². The third kappa shape index (κ3) is 3.11. The van der Waals surface area contributed by atoms with Crippen LogP contribution in [0.2, 0.25) is 0 Å². The Morgan fingerprint density at radius 2 is 1.68 bits per heavy atom. The standard InChI is InChI=1S/C31H50O3/c1-19(2)31(8)16-11-20(18-34-31)21-12-14-30(7)23-9-10-25-27(3,4)26(33)24(32)17-28(25,5)22(23)13-15-29(21,30)6/h13,19-21,23,25-26,33H,9-12,14-18H2,1-8H3/t20-,21-,23-,25-,26+,28-,29-,30+,31+/m1/s1. The summed E-state index contributed by atoms with van der Waals surface area (Å²) in [6, 6.07) is 0. The van der Waals surface area contributed by atoms with Gasteiger partial charge in [0.15, 0.2) is 5.78 Å². The van der Waals surface area contributed by atoms with Gasteiger partial charge in [-0.1, -0.05) is 60.1 Å². The van der Waals surface area contributed by atoms with Gasteiger partial charge >= 0.3 is 0 Å². The predicted octanol–water partition coefficient (Wildman–Crippen LogP) is 6.97. The van der Waals surface area contributed by atoms with Crippen LogP contribution in [0.4, 0.5) is 0 Å². The highest BCUT2D eigenvalue weighted by Crippen LogP contribution is 2.73.